The van der Waals surface area contributed by atoms with Gasteiger partial charge >= 0.3 is 0 Å². The Morgan fingerprint density at radius 3 is 2.61 bits per heavy atom. The van der Waals surface area contributed by atoms with Crippen LogP contribution in [0.15, 0.2) is 0 Å². The van der Waals surface area contributed by atoms with Crippen LogP contribution < -0.4 is 5.32 Å². The van der Waals surface area contributed by atoms with E-state index < -0.39 is 6.43 Å². The fourth-order valence-corrected chi connectivity index (χ4v) is 2.91. The van der Waals surface area contributed by atoms with Gasteiger partial charge in [-0.3, -0.25) is 0 Å². The summed E-state index contributed by atoms with van der Waals surface area (Å²) in [4.78, 5) is 2.39. The van der Waals surface area contributed by atoms with E-state index >= 15 is 0 Å². The number of rotatable bonds is 7. The summed E-state index contributed by atoms with van der Waals surface area (Å²) < 4.78 is 24.5. The number of hydrogen-bond donors (Lipinski definition) is 2. The number of nitrogens with one attached hydrogen (secondary N) is 1. The monoisotopic (exact) mass is 262 g/mol. The zero-order valence-corrected chi connectivity index (χ0v) is 10.8. The van der Waals surface area contributed by atoms with Gasteiger partial charge in [0.2, 0.25) is 0 Å². The molecule has 2 atom stereocenters. The Hall–Kier alpha value is -0.260. The summed E-state index contributed by atoms with van der Waals surface area (Å²) in [5, 5.41) is 12.0. The van der Waals surface area contributed by atoms with Crippen molar-refractivity contribution in [3.63, 3.8) is 0 Å². The average molecular weight is 262 g/mol. The Balaban J connectivity index is 1.79. The Morgan fingerprint density at radius 2 is 2.00 bits per heavy atom. The highest BCUT2D eigenvalue weighted by atomic mass is 19.3. The molecule has 1 aliphatic heterocycles. The summed E-state index contributed by atoms with van der Waals surface area (Å²) in [6, 6.07) is 0.156. The number of likely N-dealkylation sites (tertiary alicyclic amines) is 1. The van der Waals surface area contributed by atoms with Crippen molar-refractivity contribution in [2.24, 2.45) is 11.8 Å². The van der Waals surface area contributed by atoms with Gasteiger partial charge in [-0.15, -0.1) is 0 Å². The number of nitrogens with zero attached hydrogens (tertiary/aromatic N) is 1. The third-order valence-corrected chi connectivity index (χ3v) is 3.92. The van der Waals surface area contributed by atoms with Gasteiger partial charge in [-0.05, 0) is 37.5 Å². The third-order valence-electron chi connectivity index (χ3n) is 3.92. The molecule has 0 amide bonds. The molecule has 2 fully saturated rings. The zero-order chi connectivity index (χ0) is 13.0. The molecule has 2 unspecified atom stereocenters. The number of aliphatic hydroxyl groups excluding tert-OH is 1. The first-order chi connectivity index (χ1) is 8.67. The number of halogens is 2. The van der Waals surface area contributed by atoms with Gasteiger partial charge < -0.3 is 15.3 Å². The van der Waals surface area contributed by atoms with Gasteiger partial charge in [-0.2, -0.15) is 0 Å². The molecule has 0 spiro atoms. The summed E-state index contributed by atoms with van der Waals surface area (Å²) in [5.74, 6) is 1.27. The number of hydrogen-bond acceptors (Lipinski definition) is 3. The van der Waals surface area contributed by atoms with E-state index in [-0.39, 0.29) is 19.2 Å². The minimum absolute atomic E-state index is 0.156. The molecule has 1 aliphatic carbocycles. The molecule has 1 saturated carbocycles. The van der Waals surface area contributed by atoms with Crippen LogP contribution in [0.1, 0.15) is 25.7 Å². The smallest absolute Gasteiger partial charge is 0.250 e. The molecule has 2 N–H and O–H groups in total. The molecular weight excluding hydrogens is 238 g/mol. The van der Waals surface area contributed by atoms with Crippen molar-refractivity contribution in [2.45, 2.75) is 38.2 Å². The van der Waals surface area contributed by atoms with Gasteiger partial charge in [0.25, 0.3) is 6.43 Å². The molecule has 18 heavy (non-hydrogen) atoms. The summed E-state index contributed by atoms with van der Waals surface area (Å²) >= 11 is 0. The van der Waals surface area contributed by atoms with Gasteiger partial charge in [0, 0.05) is 32.3 Å². The normalized spacial score (nSPS) is 30.0. The second-order valence-corrected chi connectivity index (χ2v) is 5.77. The molecule has 0 aromatic carbocycles. The number of piperidine rings is 1. The van der Waals surface area contributed by atoms with E-state index in [1.807, 2.05) is 0 Å². The van der Waals surface area contributed by atoms with E-state index in [4.69, 9.17) is 5.11 Å². The topological polar surface area (TPSA) is 35.5 Å². The predicted octanol–water partition coefficient (Wildman–Crippen LogP) is 1.32. The predicted molar refractivity (Wildman–Crippen MR) is 66.8 cm³/mol. The molecule has 3 nitrogen and oxygen atoms in total. The van der Waals surface area contributed by atoms with Gasteiger partial charge in [-0.25, -0.2) is 8.78 Å². The first-order valence-electron chi connectivity index (χ1n) is 7.02. The Labute approximate surface area is 108 Å². The van der Waals surface area contributed by atoms with Crippen molar-refractivity contribution < 1.29 is 13.9 Å². The number of aliphatic hydroxyl groups is 1. The molecule has 5 heteroatoms. The van der Waals surface area contributed by atoms with Gasteiger partial charge in [-0.1, -0.05) is 0 Å². The second kappa shape index (κ2) is 6.78. The second-order valence-electron chi connectivity index (χ2n) is 5.77. The highest BCUT2D eigenvalue weighted by molar-refractivity contribution is 4.87. The van der Waals surface area contributed by atoms with Crippen LogP contribution in [0.25, 0.3) is 0 Å². The Kier molecular flexibility index (Phi) is 5.33. The van der Waals surface area contributed by atoms with Crippen LogP contribution in [0.3, 0.4) is 0 Å². The maximum Gasteiger partial charge on any atom is 0.250 e. The van der Waals surface area contributed by atoms with E-state index in [2.05, 4.69) is 10.2 Å². The van der Waals surface area contributed by atoms with Gasteiger partial charge in [0.1, 0.15) is 0 Å². The van der Waals surface area contributed by atoms with Crippen molar-refractivity contribution in [1.82, 2.24) is 10.2 Å². The van der Waals surface area contributed by atoms with E-state index in [0.717, 1.165) is 38.4 Å². The summed E-state index contributed by atoms with van der Waals surface area (Å²) in [6.45, 7) is 2.99. The standard InChI is InChI=1S/C13H24F2N2O/c14-13(15)6-16-12-5-11(3-4-18)8-17(9-12)7-10-1-2-10/h10-13,16,18H,1-9H2. The molecule has 106 valence electrons. The number of alkyl halides is 2. The maximum absolute atomic E-state index is 12.2. The molecule has 0 aromatic heterocycles. The minimum atomic E-state index is -2.28. The van der Waals surface area contributed by atoms with E-state index in [9.17, 15) is 8.78 Å². The van der Waals surface area contributed by atoms with Crippen molar-refractivity contribution in [1.29, 1.82) is 0 Å². The zero-order valence-electron chi connectivity index (χ0n) is 10.8. The van der Waals surface area contributed by atoms with Crippen molar-refractivity contribution in [2.75, 3.05) is 32.8 Å². The summed E-state index contributed by atoms with van der Waals surface area (Å²) in [6.07, 6.45) is 2.05. The lowest BCUT2D eigenvalue weighted by atomic mass is 9.91. The maximum atomic E-state index is 12.2. The highest BCUT2D eigenvalue weighted by Gasteiger charge is 2.31. The van der Waals surface area contributed by atoms with Crippen LogP contribution in [0.5, 0.6) is 0 Å². The molecule has 2 aliphatic rings. The van der Waals surface area contributed by atoms with E-state index in [1.165, 1.54) is 12.8 Å². The minimum Gasteiger partial charge on any atom is -0.396 e. The molecular formula is C13H24F2N2O. The Bertz CT molecular complexity index is 249. The van der Waals surface area contributed by atoms with Crippen LogP contribution >= 0.6 is 0 Å². The molecule has 1 heterocycles. The van der Waals surface area contributed by atoms with Gasteiger partial charge in [0.05, 0.1) is 6.54 Å². The molecule has 1 saturated heterocycles. The third kappa shape index (κ3) is 4.78. The van der Waals surface area contributed by atoms with Gasteiger partial charge in [0.15, 0.2) is 0 Å². The lowest BCUT2D eigenvalue weighted by molar-refractivity contribution is 0.0969. The first kappa shape index (κ1) is 14.2. The molecule has 0 radical (unpaired) electrons. The molecule has 2 rings (SSSR count). The SMILES string of the molecule is OCCC1CC(NCC(F)F)CN(CC2CC2)C1. The quantitative estimate of drug-likeness (QED) is 0.726. The van der Waals surface area contributed by atoms with Crippen LogP contribution in [0.2, 0.25) is 0 Å². The lowest BCUT2D eigenvalue weighted by Crippen LogP contribution is -2.50. The summed E-state index contributed by atoms with van der Waals surface area (Å²) in [5.41, 5.74) is 0. The largest absolute Gasteiger partial charge is 0.396 e. The highest BCUT2D eigenvalue weighted by Crippen LogP contribution is 2.31. The van der Waals surface area contributed by atoms with Crippen LogP contribution in [0.4, 0.5) is 8.78 Å². The average Bonchev–Trinajstić information content (AvgIpc) is 3.10. The van der Waals surface area contributed by atoms with Crippen LogP contribution in [-0.2, 0) is 0 Å². The first-order valence-corrected chi connectivity index (χ1v) is 7.02. The fraction of sp³-hybridized carbons (Fsp3) is 1.00. The van der Waals surface area contributed by atoms with E-state index in [1.54, 1.807) is 0 Å². The van der Waals surface area contributed by atoms with Crippen LogP contribution in [0, 0.1) is 11.8 Å². The van der Waals surface area contributed by atoms with Crippen molar-refractivity contribution >= 4 is 0 Å². The van der Waals surface area contributed by atoms with E-state index in [0.29, 0.717) is 5.92 Å². The van der Waals surface area contributed by atoms with Crippen LogP contribution in [-0.4, -0.2) is 55.3 Å². The Morgan fingerprint density at radius 1 is 1.22 bits per heavy atom. The van der Waals surface area contributed by atoms with Crippen molar-refractivity contribution in [3.05, 3.63) is 0 Å². The summed E-state index contributed by atoms with van der Waals surface area (Å²) in [7, 11) is 0. The molecule has 0 aromatic rings. The van der Waals surface area contributed by atoms with Crippen molar-refractivity contribution in [3.8, 4) is 0 Å². The molecule has 0 bridgehead atoms. The fourth-order valence-electron chi connectivity index (χ4n) is 2.91. The lowest BCUT2D eigenvalue weighted by Gasteiger charge is -2.38.